The van der Waals surface area contributed by atoms with Crippen molar-refractivity contribution in [1.29, 1.82) is 0 Å². The maximum Gasteiger partial charge on any atom is 0.305 e. The number of hydrogen-bond acceptors (Lipinski definition) is 4. The van der Waals surface area contributed by atoms with Gasteiger partial charge in [0.25, 0.3) is 0 Å². The Morgan fingerprint density at radius 2 is 2.00 bits per heavy atom. The number of anilines is 1. The van der Waals surface area contributed by atoms with E-state index in [1.165, 1.54) is 11.4 Å². The molecule has 0 saturated carbocycles. The molecule has 0 aromatic heterocycles. The van der Waals surface area contributed by atoms with Crippen LogP contribution in [-0.2, 0) is 19.6 Å². The minimum absolute atomic E-state index is 0.0739. The van der Waals surface area contributed by atoms with E-state index >= 15 is 0 Å². The predicted octanol–water partition coefficient (Wildman–Crippen LogP) is 1.64. The fraction of sp³-hybridized carbons (Fsp3) is 0.500. The van der Waals surface area contributed by atoms with Crippen LogP contribution in [0.3, 0.4) is 0 Å². The van der Waals surface area contributed by atoms with Gasteiger partial charge < -0.3 is 9.84 Å². The van der Waals surface area contributed by atoms with Crippen molar-refractivity contribution in [2.24, 2.45) is 0 Å². The average molecular weight is 315 g/mol. The van der Waals surface area contributed by atoms with E-state index in [-0.39, 0.29) is 18.7 Å². The van der Waals surface area contributed by atoms with Crippen molar-refractivity contribution < 1.29 is 23.1 Å². The lowest BCUT2D eigenvalue weighted by Gasteiger charge is -2.25. The normalized spacial score (nSPS) is 11.3. The van der Waals surface area contributed by atoms with Crippen molar-refractivity contribution in [3.05, 3.63) is 29.8 Å². The molecule has 0 aliphatic heterocycles. The molecule has 1 aromatic carbocycles. The molecule has 1 rings (SSSR count). The average Bonchev–Trinajstić information content (AvgIpc) is 2.40. The molecular weight excluding hydrogens is 294 g/mol. The molecule has 118 valence electrons. The maximum absolute atomic E-state index is 12.4. The van der Waals surface area contributed by atoms with E-state index in [1.54, 1.807) is 25.1 Å². The highest BCUT2D eigenvalue weighted by atomic mass is 32.2. The van der Waals surface area contributed by atoms with Gasteiger partial charge in [-0.2, -0.15) is 0 Å². The number of aliphatic carboxylic acids is 1. The summed E-state index contributed by atoms with van der Waals surface area (Å²) in [5.74, 6) is -1.10. The van der Waals surface area contributed by atoms with Crippen LogP contribution >= 0.6 is 0 Å². The Morgan fingerprint density at radius 3 is 2.57 bits per heavy atom. The number of benzene rings is 1. The van der Waals surface area contributed by atoms with Gasteiger partial charge in [-0.1, -0.05) is 18.2 Å². The number of ether oxygens (including phenoxy) is 1. The monoisotopic (exact) mass is 315 g/mol. The number of carboxylic acid groups (broad SMARTS) is 1. The number of sulfonamides is 1. The van der Waals surface area contributed by atoms with Crippen LogP contribution in [0.2, 0.25) is 0 Å². The third-order valence-corrected chi connectivity index (χ3v) is 4.85. The third-order valence-electron chi connectivity index (χ3n) is 3.00. The summed E-state index contributed by atoms with van der Waals surface area (Å²) in [6, 6.07) is 7.03. The lowest BCUT2D eigenvalue weighted by atomic mass is 10.2. The fourth-order valence-corrected chi connectivity index (χ4v) is 3.52. The van der Waals surface area contributed by atoms with Crippen LogP contribution in [0.4, 0.5) is 5.69 Å². The van der Waals surface area contributed by atoms with Crippen LogP contribution in [0.15, 0.2) is 24.3 Å². The molecular formula is C14H21NO5S. The molecule has 0 unspecified atom stereocenters. The molecule has 1 aromatic rings. The van der Waals surface area contributed by atoms with Crippen molar-refractivity contribution >= 4 is 21.7 Å². The predicted molar refractivity (Wildman–Crippen MR) is 81.1 cm³/mol. The molecule has 0 saturated heterocycles. The molecule has 1 N–H and O–H groups in total. The van der Waals surface area contributed by atoms with Crippen LogP contribution in [0.25, 0.3) is 0 Å². The first-order chi connectivity index (χ1) is 9.88. The van der Waals surface area contributed by atoms with Crippen molar-refractivity contribution in [1.82, 2.24) is 0 Å². The van der Waals surface area contributed by atoms with E-state index in [0.717, 1.165) is 5.56 Å². The summed E-state index contributed by atoms with van der Waals surface area (Å²) in [6.45, 7) is 2.07. The summed E-state index contributed by atoms with van der Waals surface area (Å²) in [7, 11) is -2.07. The summed E-state index contributed by atoms with van der Waals surface area (Å²) in [5, 5.41) is 8.82. The largest absolute Gasteiger partial charge is 0.481 e. The van der Waals surface area contributed by atoms with Gasteiger partial charge in [-0.3, -0.25) is 9.10 Å². The standard InChI is InChI=1S/C14H21NO5S/c1-12-6-3-4-7-13(12)15(9-8-14(16)17)21(18,19)11-5-10-20-2/h3-4,6-7H,5,8-11H2,1-2H3,(H,16,17). The van der Waals surface area contributed by atoms with E-state index in [4.69, 9.17) is 9.84 Å². The van der Waals surface area contributed by atoms with Crippen molar-refractivity contribution in [3.8, 4) is 0 Å². The van der Waals surface area contributed by atoms with Gasteiger partial charge in [-0.25, -0.2) is 8.42 Å². The zero-order valence-electron chi connectivity index (χ0n) is 12.3. The number of rotatable bonds is 9. The quantitative estimate of drug-likeness (QED) is 0.700. The zero-order chi connectivity index (χ0) is 15.9. The molecule has 0 heterocycles. The maximum atomic E-state index is 12.4. The van der Waals surface area contributed by atoms with E-state index in [1.807, 2.05) is 6.07 Å². The summed E-state index contributed by atoms with van der Waals surface area (Å²) < 4.78 is 31.0. The molecule has 0 fully saturated rings. The second-order valence-corrected chi connectivity index (χ2v) is 6.68. The number of carbonyl (C=O) groups is 1. The Labute approximate surface area is 125 Å². The first-order valence-electron chi connectivity index (χ1n) is 6.65. The Kier molecular flexibility index (Phi) is 6.64. The number of methoxy groups -OCH3 is 1. The number of para-hydroxylation sites is 1. The molecule has 6 nitrogen and oxygen atoms in total. The Hall–Kier alpha value is -1.60. The lowest BCUT2D eigenvalue weighted by Crippen LogP contribution is -2.35. The zero-order valence-corrected chi connectivity index (χ0v) is 13.1. The van der Waals surface area contributed by atoms with Gasteiger partial charge in [0, 0.05) is 20.3 Å². The molecule has 0 aliphatic rings. The summed E-state index contributed by atoms with van der Waals surface area (Å²) in [5.41, 5.74) is 1.31. The Bertz CT molecular complexity index is 570. The first kappa shape index (κ1) is 17.5. The Morgan fingerprint density at radius 1 is 1.33 bits per heavy atom. The number of hydrogen-bond donors (Lipinski definition) is 1. The van der Waals surface area contributed by atoms with Crippen LogP contribution in [-0.4, -0.2) is 45.5 Å². The second-order valence-electron chi connectivity index (χ2n) is 4.66. The molecule has 7 heteroatoms. The van der Waals surface area contributed by atoms with Crippen LogP contribution in [0.5, 0.6) is 0 Å². The van der Waals surface area contributed by atoms with E-state index in [0.29, 0.717) is 18.7 Å². The van der Waals surface area contributed by atoms with Crippen molar-refractivity contribution in [2.45, 2.75) is 19.8 Å². The summed E-state index contributed by atoms with van der Waals surface area (Å²) >= 11 is 0. The topological polar surface area (TPSA) is 83.9 Å². The van der Waals surface area contributed by atoms with Crippen molar-refractivity contribution in [3.63, 3.8) is 0 Å². The summed E-state index contributed by atoms with van der Waals surface area (Å²) in [6.07, 6.45) is 0.131. The number of aryl methyl sites for hydroxylation is 1. The SMILES string of the molecule is COCCCS(=O)(=O)N(CCC(=O)O)c1ccccc1C. The Balaban J connectivity index is 3.02. The number of carboxylic acids is 1. The van der Waals surface area contributed by atoms with Crippen molar-refractivity contribution in [2.75, 3.05) is 30.3 Å². The first-order valence-corrected chi connectivity index (χ1v) is 8.26. The van der Waals surface area contributed by atoms with E-state index in [2.05, 4.69) is 0 Å². The highest BCUT2D eigenvalue weighted by Gasteiger charge is 2.23. The van der Waals surface area contributed by atoms with E-state index < -0.39 is 16.0 Å². The molecule has 0 bridgehead atoms. The second kappa shape index (κ2) is 7.99. The highest BCUT2D eigenvalue weighted by Crippen LogP contribution is 2.23. The van der Waals surface area contributed by atoms with Gasteiger partial charge in [0.05, 0.1) is 17.9 Å². The lowest BCUT2D eigenvalue weighted by molar-refractivity contribution is -0.136. The van der Waals surface area contributed by atoms with Crippen LogP contribution < -0.4 is 4.31 Å². The third kappa shape index (κ3) is 5.35. The summed E-state index contributed by atoms with van der Waals surface area (Å²) in [4.78, 5) is 10.8. The van der Waals surface area contributed by atoms with Gasteiger partial charge in [-0.15, -0.1) is 0 Å². The molecule has 0 spiro atoms. The van der Waals surface area contributed by atoms with Gasteiger partial charge >= 0.3 is 5.97 Å². The van der Waals surface area contributed by atoms with Crippen LogP contribution in [0, 0.1) is 6.92 Å². The molecule has 21 heavy (non-hydrogen) atoms. The van der Waals surface area contributed by atoms with Crippen LogP contribution in [0.1, 0.15) is 18.4 Å². The van der Waals surface area contributed by atoms with Gasteiger partial charge in [0.2, 0.25) is 10.0 Å². The minimum Gasteiger partial charge on any atom is -0.481 e. The molecule has 0 amide bonds. The highest BCUT2D eigenvalue weighted by molar-refractivity contribution is 7.92. The van der Waals surface area contributed by atoms with E-state index in [9.17, 15) is 13.2 Å². The van der Waals surface area contributed by atoms with Gasteiger partial charge in [0.15, 0.2) is 0 Å². The molecule has 0 atom stereocenters. The van der Waals surface area contributed by atoms with Gasteiger partial charge in [0.1, 0.15) is 0 Å². The molecule has 0 aliphatic carbocycles. The minimum atomic E-state index is -3.58. The smallest absolute Gasteiger partial charge is 0.305 e. The van der Waals surface area contributed by atoms with Gasteiger partial charge in [-0.05, 0) is 25.0 Å². The molecule has 0 radical (unpaired) electrons. The number of nitrogens with zero attached hydrogens (tertiary/aromatic N) is 1. The fourth-order valence-electron chi connectivity index (χ4n) is 1.95.